The van der Waals surface area contributed by atoms with Gasteiger partial charge in [0, 0.05) is 31.0 Å². The van der Waals surface area contributed by atoms with Gasteiger partial charge < -0.3 is 4.90 Å². The van der Waals surface area contributed by atoms with Crippen LogP contribution in [0.4, 0.5) is 19.0 Å². The Morgan fingerprint density at radius 3 is 2.54 bits per heavy atom. The third kappa shape index (κ3) is 3.14. The molecule has 26 heavy (non-hydrogen) atoms. The van der Waals surface area contributed by atoms with E-state index in [1.807, 2.05) is 18.2 Å². The highest BCUT2D eigenvalue weighted by Crippen LogP contribution is 2.28. The molecule has 0 amide bonds. The highest BCUT2D eigenvalue weighted by Gasteiger charge is 2.34. The smallest absolute Gasteiger partial charge is 0.352 e. The van der Waals surface area contributed by atoms with E-state index < -0.39 is 11.9 Å². The predicted molar refractivity (Wildman–Crippen MR) is 90.1 cm³/mol. The van der Waals surface area contributed by atoms with Gasteiger partial charge in [-0.3, -0.25) is 0 Å². The van der Waals surface area contributed by atoms with Gasteiger partial charge in [0.15, 0.2) is 5.69 Å². The van der Waals surface area contributed by atoms with Gasteiger partial charge in [0.2, 0.25) is 0 Å². The van der Waals surface area contributed by atoms with Crippen LogP contribution in [0, 0.1) is 6.92 Å². The van der Waals surface area contributed by atoms with Crippen molar-refractivity contribution in [3.05, 3.63) is 65.1 Å². The Hall–Kier alpha value is -2.90. The number of aryl methyl sites for hydroxylation is 1. The zero-order valence-corrected chi connectivity index (χ0v) is 14.0. The number of benzene rings is 1. The zero-order chi connectivity index (χ0) is 18.3. The fourth-order valence-electron chi connectivity index (χ4n) is 3.08. The van der Waals surface area contributed by atoms with Crippen LogP contribution in [0.5, 0.6) is 0 Å². The minimum Gasteiger partial charge on any atom is -0.352 e. The van der Waals surface area contributed by atoms with Crippen molar-refractivity contribution in [2.45, 2.75) is 26.1 Å². The van der Waals surface area contributed by atoms with E-state index in [1.165, 1.54) is 17.3 Å². The van der Waals surface area contributed by atoms with Crippen LogP contribution in [0.25, 0.3) is 5.95 Å². The van der Waals surface area contributed by atoms with Gasteiger partial charge in [-0.15, -0.1) is 0 Å². The molecule has 134 valence electrons. The zero-order valence-electron chi connectivity index (χ0n) is 14.0. The van der Waals surface area contributed by atoms with Gasteiger partial charge in [0.1, 0.15) is 5.82 Å². The molecule has 1 aliphatic rings. The largest absolute Gasteiger partial charge is 0.435 e. The number of nitrogens with zero attached hydrogens (tertiary/aromatic N) is 5. The van der Waals surface area contributed by atoms with Gasteiger partial charge in [-0.1, -0.05) is 24.3 Å². The fraction of sp³-hybridized carbons (Fsp3) is 0.278. The van der Waals surface area contributed by atoms with Crippen molar-refractivity contribution in [1.29, 1.82) is 0 Å². The van der Waals surface area contributed by atoms with Crippen LogP contribution < -0.4 is 4.90 Å². The van der Waals surface area contributed by atoms with Crippen LogP contribution in [0.3, 0.4) is 0 Å². The molecule has 3 aromatic rings. The van der Waals surface area contributed by atoms with Crippen molar-refractivity contribution in [1.82, 2.24) is 19.7 Å². The summed E-state index contributed by atoms with van der Waals surface area (Å²) < 4.78 is 39.4. The summed E-state index contributed by atoms with van der Waals surface area (Å²) in [6.07, 6.45) is -2.37. The summed E-state index contributed by atoms with van der Waals surface area (Å²) >= 11 is 0. The first kappa shape index (κ1) is 16.6. The molecule has 3 heterocycles. The molecule has 4 rings (SSSR count). The molecule has 0 N–H and O–H groups in total. The number of halogens is 3. The Morgan fingerprint density at radius 1 is 1.04 bits per heavy atom. The van der Waals surface area contributed by atoms with E-state index in [9.17, 15) is 13.2 Å². The van der Waals surface area contributed by atoms with Crippen molar-refractivity contribution in [3.63, 3.8) is 0 Å². The van der Waals surface area contributed by atoms with E-state index in [1.54, 1.807) is 6.92 Å². The highest BCUT2D eigenvalue weighted by molar-refractivity contribution is 5.46. The van der Waals surface area contributed by atoms with Gasteiger partial charge in [-0.25, -0.2) is 9.67 Å². The number of rotatable bonds is 2. The van der Waals surface area contributed by atoms with Crippen LogP contribution in [-0.2, 0) is 19.1 Å². The lowest BCUT2D eigenvalue weighted by Gasteiger charge is -2.30. The highest BCUT2D eigenvalue weighted by atomic mass is 19.4. The third-order valence-electron chi connectivity index (χ3n) is 4.37. The first-order valence-electron chi connectivity index (χ1n) is 8.21. The minimum absolute atomic E-state index is 0.134. The van der Waals surface area contributed by atoms with Crippen LogP contribution in [0.1, 0.15) is 22.5 Å². The van der Waals surface area contributed by atoms with Crippen molar-refractivity contribution >= 4 is 5.82 Å². The molecule has 8 heteroatoms. The number of fused-ring (bicyclic) bond motifs is 1. The summed E-state index contributed by atoms with van der Waals surface area (Å²) in [6, 6.07) is 11.0. The molecule has 0 unspecified atom stereocenters. The first-order chi connectivity index (χ1) is 12.4. The molecule has 0 fully saturated rings. The summed E-state index contributed by atoms with van der Waals surface area (Å²) in [5, 5.41) is 3.56. The van der Waals surface area contributed by atoms with E-state index in [0.717, 1.165) is 23.7 Å². The summed E-state index contributed by atoms with van der Waals surface area (Å²) in [4.78, 5) is 10.8. The van der Waals surface area contributed by atoms with Gasteiger partial charge in [-0.2, -0.15) is 23.3 Å². The number of hydrogen-bond acceptors (Lipinski definition) is 4. The van der Waals surface area contributed by atoms with Gasteiger partial charge in [0.25, 0.3) is 5.95 Å². The molecule has 0 saturated carbocycles. The van der Waals surface area contributed by atoms with Crippen molar-refractivity contribution < 1.29 is 13.2 Å². The molecule has 0 aliphatic carbocycles. The summed E-state index contributed by atoms with van der Waals surface area (Å²) in [5.41, 5.74) is 2.26. The normalized spacial score (nSPS) is 14.4. The average molecular weight is 359 g/mol. The second-order valence-electron chi connectivity index (χ2n) is 6.25. The van der Waals surface area contributed by atoms with Crippen molar-refractivity contribution in [3.8, 4) is 5.95 Å². The fourth-order valence-corrected chi connectivity index (χ4v) is 3.08. The Labute approximate surface area is 148 Å². The SMILES string of the molecule is Cc1cc(N2CCc3ccccc3C2)nc(-n2ccc(C(F)(F)F)n2)n1. The van der Waals surface area contributed by atoms with Crippen LogP contribution in [-0.4, -0.2) is 26.3 Å². The molecule has 1 aromatic carbocycles. The van der Waals surface area contributed by atoms with Crippen molar-refractivity contribution in [2.75, 3.05) is 11.4 Å². The lowest BCUT2D eigenvalue weighted by Crippen LogP contribution is -2.31. The molecule has 2 aromatic heterocycles. The Kier molecular flexibility index (Phi) is 3.90. The Morgan fingerprint density at radius 2 is 1.81 bits per heavy atom. The topological polar surface area (TPSA) is 46.8 Å². The second-order valence-corrected chi connectivity index (χ2v) is 6.25. The van der Waals surface area contributed by atoms with E-state index in [0.29, 0.717) is 18.1 Å². The Balaban J connectivity index is 1.66. The number of hydrogen-bond donors (Lipinski definition) is 0. The maximum Gasteiger partial charge on any atom is 0.435 e. The molecular weight excluding hydrogens is 343 g/mol. The lowest BCUT2D eigenvalue weighted by molar-refractivity contribution is -0.141. The van der Waals surface area contributed by atoms with E-state index in [-0.39, 0.29) is 5.95 Å². The summed E-state index contributed by atoms with van der Waals surface area (Å²) in [6.45, 7) is 3.29. The van der Waals surface area contributed by atoms with Crippen LogP contribution in [0.2, 0.25) is 0 Å². The monoisotopic (exact) mass is 359 g/mol. The second kappa shape index (κ2) is 6.12. The van der Waals surface area contributed by atoms with Gasteiger partial charge in [-0.05, 0) is 30.5 Å². The predicted octanol–water partition coefficient (Wildman–Crippen LogP) is 3.55. The molecule has 5 nitrogen and oxygen atoms in total. The summed E-state index contributed by atoms with van der Waals surface area (Å²) in [7, 11) is 0. The number of anilines is 1. The summed E-state index contributed by atoms with van der Waals surface area (Å²) in [5.74, 6) is 0.820. The molecule has 0 spiro atoms. The van der Waals surface area contributed by atoms with E-state index >= 15 is 0 Å². The maximum absolute atomic E-state index is 12.8. The maximum atomic E-state index is 12.8. The molecule has 0 bridgehead atoms. The van der Waals surface area contributed by atoms with Crippen LogP contribution in [0.15, 0.2) is 42.6 Å². The van der Waals surface area contributed by atoms with Gasteiger partial charge in [0.05, 0.1) is 0 Å². The van der Waals surface area contributed by atoms with Gasteiger partial charge >= 0.3 is 6.18 Å². The lowest BCUT2D eigenvalue weighted by atomic mass is 10.00. The van der Waals surface area contributed by atoms with E-state index in [2.05, 4.69) is 32.1 Å². The average Bonchev–Trinajstić information content (AvgIpc) is 3.11. The standard InChI is InChI=1S/C18H16F3N5/c1-12-10-16(25-8-6-13-4-2-3-5-14(13)11-25)23-17(22-12)26-9-7-15(24-26)18(19,20)21/h2-5,7,9-10H,6,8,11H2,1H3. The van der Waals surface area contributed by atoms with E-state index in [4.69, 9.17) is 0 Å². The van der Waals surface area contributed by atoms with Crippen LogP contribution >= 0.6 is 0 Å². The third-order valence-corrected chi connectivity index (χ3v) is 4.37. The number of alkyl halides is 3. The number of aromatic nitrogens is 4. The quantitative estimate of drug-likeness (QED) is 0.702. The minimum atomic E-state index is -4.49. The first-order valence-corrected chi connectivity index (χ1v) is 8.21. The molecule has 0 atom stereocenters. The Bertz CT molecular complexity index is 948. The molecular formula is C18H16F3N5. The van der Waals surface area contributed by atoms with Crippen molar-refractivity contribution in [2.24, 2.45) is 0 Å². The molecule has 0 saturated heterocycles. The molecule has 0 radical (unpaired) electrons. The molecule has 1 aliphatic heterocycles.